The Labute approximate surface area is 176 Å². The molecule has 2 N–H and O–H groups in total. The molecular weight excluding hydrogens is 431 g/mol. The number of benzene rings is 2. The van der Waals surface area contributed by atoms with Gasteiger partial charge in [-0.3, -0.25) is 0 Å². The second-order valence-electron chi connectivity index (χ2n) is 7.37. The molecule has 2 aromatic carbocycles. The van der Waals surface area contributed by atoms with E-state index in [9.17, 15) is 21.6 Å². The molecule has 2 atom stereocenters. The van der Waals surface area contributed by atoms with E-state index in [-0.39, 0.29) is 35.3 Å². The van der Waals surface area contributed by atoms with Crippen molar-refractivity contribution in [2.24, 2.45) is 5.73 Å². The van der Waals surface area contributed by atoms with Gasteiger partial charge in [-0.05, 0) is 23.8 Å². The van der Waals surface area contributed by atoms with Crippen LogP contribution in [-0.2, 0) is 9.84 Å². The van der Waals surface area contributed by atoms with Gasteiger partial charge in [0.1, 0.15) is 12.1 Å². The Hall–Kier alpha value is -3.05. The Morgan fingerprint density at radius 1 is 1.03 bits per heavy atom. The molecule has 162 valence electrons. The fraction of sp³-hybridized carbons (Fsp3) is 0.250. The highest BCUT2D eigenvalue weighted by molar-refractivity contribution is 7.90. The summed E-state index contributed by atoms with van der Waals surface area (Å²) in [4.78, 5) is 14.5. The smallest absolute Gasteiger partial charge is 0.228 e. The summed E-state index contributed by atoms with van der Waals surface area (Å²) >= 11 is 0. The number of nitrogens with two attached hydrogens (primary N) is 1. The molecule has 0 aliphatic carbocycles. The molecular formula is C20H18F3N5O2S. The summed E-state index contributed by atoms with van der Waals surface area (Å²) in [5, 5.41) is 0. The van der Waals surface area contributed by atoms with Crippen molar-refractivity contribution in [3.63, 3.8) is 0 Å². The molecule has 0 spiro atoms. The van der Waals surface area contributed by atoms with Crippen LogP contribution in [0.2, 0.25) is 0 Å². The fourth-order valence-corrected chi connectivity index (χ4v) is 4.26. The number of sulfone groups is 1. The molecule has 0 bridgehead atoms. The lowest BCUT2D eigenvalue weighted by Crippen LogP contribution is -2.29. The number of rotatable bonds is 4. The zero-order chi connectivity index (χ0) is 22.3. The van der Waals surface area contributed by atoms with Gasteiger partial charge in [0.25, 0.3) is 0 Å². The first-order chi connectivity index (χ1) is 14.6. The highest BCUT2D eigenvalue weighted by Crippen LogP contribution is 2.32. The summed E-state index contributed by atoms with van der Waals surface area (Å²) in [5.41, 5.74) is 6.62. The zero-order valence-electron chi connectivity index (χ0n) is 16.3. The molecule has 2 heterocycles. The predicted octanol–water partition coefficient (Wildman–Crippen LogP) is 2.29. The quantitative estimate of drug-likeness (QED) is 0.610. The molecule has 31 heavy (non-hydrogen) atoms. The molecule has 0 amide bonds. The van der Waals surface area contributed by atoms with Crippen LogP contribution in [0.15, 0.2) is 47.6 Å². The summed E-state index contributed by atoms with van der Waals surface area (Å²) in [6.07, 6.45) is 2.38. The van der Waals surface area contributed by atoms with Crippen molar-refractivity contribution in [3.05, 3.63) is 65.7 Å². The van der Waals surface area contributed by atoms with Gasteiger partial charge in [0, 0.05) is 42.9 Å². The molecule has 0 unspecified atom stereocenters. The predicted molar refractivity (Wildman–Crippen MR) is 108 cm³/mol. The maximum Gasteiger partial charge on any atom is 0.228 e. The second kappa shape index (κ2) is 7.89. The number of anilines is 1. The van der Waals surface area contributed by atoms with E-state index in [2.05, 4.69) is 15.0 Å². The SMILES string of the molecule is CS(=O)(=O)c1cccc(-c2ncnc(N3C[C@H](c4cc(F)c(F)cc4F)[C@@H](N)C3)n2)c1. The van der Waals surface area contributed by atoms with Crippen molar-refractivity contribution in [2.45, 2.75) is 16.9 Å². The van der Waals surface area contributed by atoms with Crippen LogP contribution >= 0.6 is 0 Å². The molecule has 11 heteroatoms. The minimum Gasteiger partial charge on any atom is -0.338 e. The van der Waals surface area contributed by atoms with Crippen LogP contribution in [0, 0.1) is 17.5 Å². The molecule has 7 nitrogen and oxygen atoms in total. The molecule has 4 rings (SSSR count). The van der Waals surface area contributed by atoms with Crippen molar-refractivity contribution in [2.75, 3.05) is 24.2 Å². The summed E-state index contributed by atoms with van der Waals surface area (Å²) in [5.74, 6) is -3.35. The van der Waals surface area contributed by atoms with Gasteiger partial charge in [-0.2, -0.15) is 4.98 Å². The standard InChI is InChI=1S/C20H18F3N5O2S/c1-31(29,30)12-4-2-3-11(5-12)19-25-10-26-20(27-19)28-8-14(18(24)9-28)13-6-16(22)17(23)7-15(13)21/h2-7,10,14,18H,8-9,24H2,1H3/t14-,18+/m1/s1. The Kier molecular flexibility index (Phi) is 5.40. The van der Waals surface area contributed by atoms with Crippen LogP contribution in [0.4, 0.5) is 19.1 Å². The first-order valence-corrected chi connectivity index (χ1v) is 11.2. The van der Waals surface area contributed by atoms with Gasteiger partial charge < -0.3 is 10.6 Å². The maximum absolute atomic E-state index is 14.2. The Morgan fingerprint density at radius 3 is 2.52 bits per heavy atom. The van der Waals surface area contributed by atoms with E-state index in [0.717, 1.165) is 12.3 Å². The third kappa shape index (κ3) is 4.23. The van der Waals surface area contributed by atoms with Gasteiger partial charge >= 0.3 is 0 Å². The summed E-state index contributed by atoms with van der Waals surface area (Å²) in [6.45, 7) is 0.450. The third-order valence-corrected chi connectivity index (χ3v) is 6.28. The number of halogens is 3. The van der Waals surface area contributed by atoms with Gasteiger partial charge in [0.15, 0.2) is 27.3 Å². The van der Waals surface area contributed by atoms with E-state index >= 15 is 0 Å². The summed E-state index contributed by atoms with van der Waals surface area (Å²) in [6, 6.07) is 6.97. The lowest BCUT2D eigenvalue weighted by molar-refractivity contribution is 0.482. The Bertz CT molecular complexity index is 1260. The van der Waals surface area contributed by atoms with Crippen LogP contribution < -0.4 is 10.6 Å². The summed E-state index contributed by atoms with van der Waals surface area (Å²) in [7, 11) is -3.41. The van der Waals surface area contributed by atoms with E-state index in [1.165, 1.54) is 18.5 Å². The van der Waals surface area contributed by atoms with Gasteiger partial charge in [-0.1, -0.05) is 12.1 Å². The fourth-order valence-electron chi connectivity index (χ4n) is 3.59. The minimum absolute atomic E-state index is 0.0102. The van der Waals surface area contributed by atoms with Crippen molar-refractivity contribution in [3.8, 4) is 11.4 Å². The normalized spacial score (nSPS) is 19.1. The lowest BCUT2D eigenvalue weighted by atomic mass is 9.94. The Morgan fingerprint density at radius 2 is 1.77 bits per heavy atom. The molecule has 0 radical (unpaired) electrons. The second-order valence-corrected chi connectivity index (χ2v) is 9.39. The van der Waals surface area contributed by atoms with Gasteiger partial charge in [-0.25, -0.2) is 31.6 Å². The van der Waals surface area contributed by atoms with Crippen LogP contribution in [0.1, 0.15) is 11.5 Å². The largest absolute Gasteiger partial charge is 0.338 e. The van der Waals surface area contributed by atoms with Crippen molar-refractivity contribution in [1.29, 1.82) is 0 Å². The first kappa shape index (κ1) is 21.2. The number of hydrogen-bond acceptors (Lipinski definition) is 7. The van der Waals surface area contributed by atoms with Crippen molar-refractivity contribution < 1.29 is 21.6 Å². The lowest BCUT2D eigenvalue weighted by Gasteiger charge is -2.17. The van der Waals surface area contributed by atoms with Crippen LogP contribution in [0.25, 0.3) is 11.4 Å². The van der Waals surface area contributed by atoms with Crippen molar-refractivity contribution in [1.82, 2.24) is 15.0 Å². The molecule has 1 aliphatic heterocycles. The Balaban J connectivity index is 1.63. The molecule has 0 saturated carbocycles. The van der Waals surface area contributed by atoms with E-state index < -0.39 is 39.2 Å². The molecule has 1 fully saturated rings. The zero-order valence-corrected chi connectivity index (χ0v) is 17.2. The van der Waals surface area contributed by atoms with Crippen LogP contribution in [0.3, 0.4) is 0 Å². The minimum atomic E-state index is -3.41. The van der Waals surface area contributed by atoms with Gasteiger partial charge in [-0.15, -0.1) is 0 Å². The molecule has 1 aromatic heterocycles. The van der Waals surface area contributed by atoms with Gasteiger partial charge in [0.2, 0.25) is 5.95 Å². The molecule has 1 saturated heterocycles. The first-order valence-electron chi connectivity index (χ1n) is 9.28. The van der Waals surface area contributed by atoms with E-state index in [4.69, 9.17) is 5.73 Å². The molecule has 3 aromatic rings. The number of aromatic nitrogens is 3. The van der Waals surface area contributed by atoms with Crippen LogP contribution in [0.5, 0.6) is 0 Å². The third-order valence-electron chi connectivity index (χ3n) is 5.17. The van der Waals surface area contributed by atoms with Crippen molar-refractivity contribution >= 4 is 15.8 Å². The monoisotopic (exact) mass is 449 g/mol. The van der Waals surface area contributed by atoms with Gasteiger partial charge in [0.05, 0.1) is 4.90 Å². The topological polar surface area (TPSA) is 102 Å². The maximum atomic E-state index is 14.2. The van der Waals surface area contributed by atoms with E-state index in [1.807, 2.05) is 0 Å². The van der Waals surface area contributed by atoms with E-state index in [0.29, 0.717) is 11.6 Å². The number of hydrogen-bond donors (Lipinski definition) is 1. The van der Waals surface area contributed by atoms with E-state index in [1.54, 1.807) is 17.0 Å². The highest BCUT2D eigenvalue weighted by Gasteiger charge is 2.35. The number of nitrogens with zero attached hydrogens (tertiary/aromatic N) is 4. The average Bonchev–Trinajstić information content (AvgIpc) is 3.12. The molecule has 1 aliphatic rings. The summed E-state index contributed by atoms with van der Waals surface area (Å²) < 4.78 is 64.8. The average molecular weight is 449 g/mol. The van der Waals surface area contributed by atoms with Crippen LogP contribution in [-0.4, -0.2) is 48.8 Å². The highest BCUT2D eigenvalue weighted by atomic mass is 32.2.